The minimum atomic E-state index is -0.175. The topological polar surface area (TPSA) is 50.7 Å². The molecule has 4 nitrogen and oxygen atoms in total. The van der Waals surface area contributed by atoms with Crippen LogP contribution >= 0.6 is 11.6 Å². The van der Waals surface area contributed by atoms with E-state index in [1.165, 1.54) is 0 Å². The quantitative estimate of drug-likeness (QED) is 0.619. The summed E-state index contributed by atoms with van der Waals surface area (Å²) in [4.78, 5) is 11.8. The van der Waals surface area contributed by atoms with Gasteiger partial charge in [0.25, 0.3) is 0 Å². The van der Waals surface area contributed by atoms with Gasteiger partial charge >= 0.3 is 0 Å². The van der Waals surface area contributed by atoms with Gasteiger partial charge in [0, 0.05) is 5.02 Å². The summed E-state index contributed by atoms with van der Waals surface area (Å²) >= 11 is 5.81. The van der Waals surface area contributed by atoms with Crippen LogP contribution in [0, 0.1) is 0 Å². The Morgan fingerprint density at radius 1 is 1.17 bits per heavy atom. The van der Waals surface area contributed by atoms with Gasteiger partial charge in [-0.05, 0) is 53.9 Å². The van der Waals surface area contributed by atoms with Gasteiger partial charge in [0.2, 0.25) is 5.91 Å². The van der Waals surface area contributed by atoms with Gasteiger partial charge in [0.15, 0.2) is 0 Å². The Kier molecular flexibility index (Phi) is 6.63. The van der Waals surface area contributed by atoms with Crippen molar-refractivity contribution in [2.75, 3.05) is 6.61 Å². The molecule has 0 saturated heterocycles. The van der Waals surface area contributed by atoms with Crippen molar-refractivity contribution in [1.82, 2.24) is 5.43 Å². The second-order valence-corrected chi connectivity index (χ2v) is 5.45. The third-order valence-corrected chi connectivity index (χ3v) is 3.29. The maximum Gasteiger partial charge on any atom is 0.244 e. The van der Waals surface area contributed by atoms with Crippen molar-refractivity contribution >= 4 is 23.7 Å². The third-order valence-electron chi connectivity index (χ3n) is 3.03. The van der Waals surface area contributed by atoms with Crippen molar-refractivity contribution in [3.63, 3.8) is 0 Å². The lowest BCUT2D eigenvalue weighted by atomic mass is 10.1. The molecule has 23 heavy (non-hydrogen) atoms. The van der Waals surface area contributed by atoms with Crippen molar-refractivity contribution < 1.29 is 9.53 Å². The molecular weight excluding hydrogens is 312 g/mol. The van der Waals surface area contributed by atoms with Crippen molar-refractivity contribution in [2.24, 2.45) is 5.10 Å². The van der Waals surface area contributed by atoms with E-state index < -0.39 is 0 Å². The van der Waals surface area contributed by atoms with Crippen molar-refractivity contribution in [1.29, 1.82) is 0 Å². The van der Waals surface area contributed by atoms with E-state index in [4.69, 9.17) is 16.3 Å². The number of hydrogen-bond donors (Lipinski definition) is 1. The Morgan fingerprint density at radius 2 is 1.87 bits per heavy atom. The fraction of sp³-hybridized carbons (Fsp3) is 0.222. The Hall–Kier alpha value is -2.33. The second kappa shape index (κ2) is 8.96. The fourth-order valence-electron chi connectivity index (χ4n) is 1.88. The van der Waals surface area contributed by atoms with Crippen LogP contribution in [-0.2, 0) is 11.2 Å². The molecule has 0 aromatic heterocycles. The number of nitrogens with zero attached hydrogens (tertiary/aromatic N) is 1. The molecule has 0 spiro atoms. The highest BCUT2D eigenvalue weighted by molar-refractivity contribution is 6.30. The normalized spacial score (nSPS) is 10.7. The van der Waals surface area contributed by atoms with Gasteiger partial charge in [-0.2, -0.15) is 5.10 Å². The molecule has 5 heteroatoms. The first kappa shape index (κ1) is 17.0. The van der Waals surface area contributed by atoms with Crippen LogP contribution in [0.25, 0.3) is 0 Å². The van der Waals surface area contributed by atoms with E-state index in [1.807, 2.05) is 36.4 Å². The standard InChI is InChI=1S/C18H19ClN2O2/c1-2-11-23-17-9-5-15(6-10-17)13-20-21-18(22)12-14-3-7-16(19)8-4-14/h3-10,13H,2,11-12H2,1H3,(H,21,22)/b20-13-. The molecule has 120 valence electrons. The van der Waals surface area contributed by atoms with Crippen LogP contribution in [0.5, 0.6) is 5.75 Å². The zero-order chi connectivity index (χ0) is 16.5. The monoisotopic (exact) mass is 330 g/mol. The summed E-state index contributed by atoms with van der Waals surface area (Å²) in [6.45, 7) is 2.77. The summed E-state index contributed by atoms with van der Waals surface area (Å²) in [5.74, 6) is 0.655. The van der Waals surface area contributed by atoms with Crippen molar-refractivity contribution in [3.05, 3.63) is 64.7 Å². The molecule has 2 aromatic carbocycles. The van der Waals surface area contributed by atoms with Gasteiger partial charge in [-0.3, -0.25) is 4.79 Å². The first-order valence-electron chi connectivity index (χ1n) is 7.46. The van der Waals surface area contributed by atoms with Crippen LogP contribution in [0.3, 0.4) is 0 Å². The number of halogens is 1. The molecule has 1 N–H and O–H groups in total. The van der Waals surface area contributed by atoms with Crippen molar-refractivity contribution in [2.45, 2.75) is 19.8 Å². The summed E-state index contributed by atoms with van der Waals surface area (Å²) in [6, 6.07) is 14.7. The maximum atomic E-state index is 11.8. The average Bonchev–Trinajstić information content (AvgIpc) is 2.56. The first-order valence-corrected chi connectivity index (χ1v) is 7.84. The van der Waals surface area contributed by atoms with Gasteiger partial charge in [0.1, 0.15) is 5.75 Å². The molecule has 0 saturated carbocycles. The van der Waals surface area contributed by atoms with E-state index in [2.05, 4.69) is 17.5 Å². The molecule has 0 aliphatic carbocycles. The largest absolute Gasteiger partial charge is 0.494 e. The Balaban J connectivity index is 1.81. The first-order chi connectivity index (χ1) is 11.2. The van der Waals surface area contributed by atoms with Crippen molar-refractivity contribution in [3.8, 4) is 5.75 Å². The number of rotatable bonds is 7. The molecule has 0 heterocycles. The molecule has 0 aliphatic rings. The van der Waals surface area contributed by atoms with E-state index in [-0.39, 0.29) is 12.3 Å². The number of benzene rings is 2. The Labute approximate surface area is 141 Å². The minimum Gasteiger partial charge on any atom is -0.494 e. The Bertz CT molecular complexity index is 652. The van der Waals surface area contributed by atoms with E-state index in [0.29, 0.717) is 11.6 Å². The van der Waals surface area contributed by atoms with E-state index in [0.717, 1.165) is 23.3 Å². The molecule has 2 aromatic rings. The molecule has 2 rings (SSSR count). The number of ether oxygens (including phenoxy) is 1. The zero-order valence-electron chi connectivity index (χ0n) is 13.0. The predicted octanol–water partition coefficient (Wildman–Crippen LogP) is 3.82. The highest BCUT2D eigenvalue weighted by atomic mass is 35.5. The highest BCUT2D eigenvalue weighted by Crippen LogP contribution is 2.11. The molecule has 0 unspecified atom stereocenters. The summed E-state index contributed by atoms with van der Waals surface area (Å²) in [5.41, 5.74) is 4.29. The highest BCUT2D eigenvalue weighted by Gasteiger charge is 2.01. The van der Waals surface area contributed by atoms with Gasteiger partial charge in [-0.1, -0.05) is 30.7 Å². The van der Waals surface area contributed by atoms with Crippen LogP contribution in [0.15, 0.2) is 53.6 Å². The van der Waals surface area contributed by atoms with Crippen LogP contribution in [0.1, 0.15) is 24.5 Å². The molecule has 0 radical (unpaired) electrons. The second-order valence-electron chi connectivity index (χ2n) is 5.01. The van der Waals surface area contributed by atoms with Crippen LogP contribution < -0.4 is 10.2 Å². The third kappa shape index (κ3) is 6.12. The van der Waals surface area contributed by atoms with Gasteiger partial charge in [0.05, 0.1) is 19.2 Å². The van der Waals surface area contributed by atoms with Gasteiger partial charge < -0.3 is 4.74 Å². The number of carbonyl (C=O) groups is 1. The number of amides is 1. The van der Waals surface area contributed by atoms with E-state index >= 15 is 0 Å². The number of carbonyl (C=O) groups excluding carboxylic acids is 1. The molecular formula is C18H19ClN2O2. The van der Waals surface area contributed by atoms with Gasteiger partial charge in [-0.15, -0.1) is 0 Å². The molecule has 1 amide bonds. The Morgan fingerprint density at radius 3 is 2.52 bits per heavy atom. The van der Waals surface area contributed by atoms with Crippen LogP contribution in [0.2, 0.25) is 5.02 Å². The average molecular weight is 331 g/mol. The summed E-state index contributed by atoms with van der Waals surface area (Å²) in [5, 5.41) is 4.61. The lowest BCUT2D eigenvalue weighted by molar-refractivity contribution is -0.120. The molecule has 0 atom stereocenters. The molecule has 0 fully saturated rings. The molecule has 0 bridgehead atoms. The SMILES string of the molecule is CCCOc1ccc(/C=N\NC(=O)Cc2ccc(Cl)cc2)cc1. The summed E-state index contributed by atoms with van der Waals surface area (Å²) in [6.07, 6.45) is 2.84. The summed E-state index contributed by atoms with van der Waals surface area (Å²) in [7, 11) is 0. The number of nitrogens with one attached hydrogen (secondary N) is 1. The van der Waals surface area contributed by atoms with Crippen LogP contribution in [0.4, 0.5) is 0 Å². The minimum absolute atomic E-state index is 0.175. The molecule has 0 aliphatic heterocycles. The van der Waals surface area contributed by atoms with E-state index in [9.17, 15) is 4.79 Å². The zero-order valence-corrected chi connectivity index (χ0v) is 13.7. The maximum absolute atomic E-state index is 11.8. The lowest BCUT2D eigenvalue weighted by Crippen LogP contribution is -2.19. The predicted molar refractivity (Wildman–Crippen MR) is 93.1 cm³/mol. The smallest absolute Gasteiger partial charge is 0.244 e. The number of hydrogen-bond acceptors (Lipinski definition) is 3. The number of hydrazone groups is 1. The summed E-state index contributed by atoms with van der Waals surface area (Å²) < 4.78 is 5.50. The van der Waals surface area contributed by atoms with Gasteiger partial charge in [-0.25, -0.2) is 5.43 Å². The fourth-order valence-corrected chi connectivity index (χ4v) is 2.00. The lowest BCUT2D eigenvalue weighted by Gasteiger charge is -2.04. The van der Waals surface area contributed by atoms with E-state index in [1.54, 1.807) is 18.3 Å². The van der Waals surface area contributed by atoms with Crippen LogP contribution in [-0.4, -0.2) is 18.7 Å².